The molecule has 1 saturated heterocycles. The molecule has 10 nitrogen and oxygen atoms in total. The number of allylic oxidation sites excluding steroid dienone is 1. The maximum Gasteiger partial charge on any atom is 0.267 e. The number of carbonyl (C=O) groups is 1. The second-order valence-electron chi connectivity index (χ2n) is 10.3. The molecule has 0 radical (unpaired) electrons. The number of nitrogens with one attached hydrogen (secondary N) is 1. The summed E-state index contributed by atoms with van der Waals surface area (Å²) in [6, 6.07) is 7.65. The van der Waals surface area contributed by atoms with Crippen molar-refractivity contribution in [3.8, 4) is 17.1 Å². The Hall–Kier alpha value is -3.73. The van der Waals surface area contributed by atoms with Gasteiger partial charge in [-0.15, -0.1) is 0 Å². The van der Waals surface area contributed by atoms with Gasteiger partial charge in [0.2, 0.25) is 17.7 Å². The van der Waals surface area contributed by atoms with Crippen LogP contribution in [0, 0.1) is 13.8 Å². The maximum absolute atomic E-state index is 13.0. The fourth-order valence-corrected chi connectivity index (χ4v) is 6.11. The Balaban J connectivity index is 1.38. The van der Waals surface area contributed by atoms with Crippen molar-refractivity contribution in [3.05, 3.63) is 59.4 Å². The monoisotopic (exact) mass is 550 g/mol. The van der Waals surface area contributed by atoms with Crippen LogP contribution in [-0.4, -0.2) is 58.2 Å². The number of ether oxygens (including phenoxy) is 1. The smallest absolute Gasteiger partial charge is 0.267 e. The average Bonchev–Trinajstić information content (AvgIpc) is 3.54. The summed E-state index contributed by atoms with van der Waals surface area (Å²) in [6.07, 6.45) is 10.2. The normalized spacial score (nSPS) is 17.7. The number of anilines is 1. The first kappa shape index (κ1) is 26.9. The van der Waals surface area contributed by atoms with Crippen molar-refractivity contribution in [2.24, 2.45) is 7.05 Å². The van der Waals surface area contributed by atoms with Gasteiger partial charge in [0.25, 0.3) is 10.0 Å². The molecule has 3 heterocycles. The minimum atomic E-state index is -3.96. The minimum absolute atomic E-state index is 0.00608. The van der Waals surface area contributed by atoms with E-state index in [9.17, 15) is 13.2 Å². The number of rotatable bonds is 8. The number of hydrogen-bond acceptors (Lipinski definition) is 7. The Kier molecular flexibility index (Phi) is 7.69. The number of benzene rings is 1. The predicted molar refractivity (Wildman–Crippen MR) is 148 cm³/mol. The molecule has 1 aliphatic heterocycles. The number of aromatic nitrogens is 4. The van der Waals surface area contributed by atoms with Crippen LogP contribution in [-0.2, 0) is 21.9 Å². The summed E-state index contributed by atoms with van der Waals surface area (Å²) < 4.78 is 36.1. The fraction of sp³-hybridized carbons (Fsp3) is 0.429. The largest absolute Gasteiger partial charge is 0.472 e. The SMILES string of the molecule is Cc1cccc(C)c1-c1cc(OC2CCN(C(=O)CC3=CCCCC3)C2)nc(NS(=O)(=O)c2cnn(C)c2)n1. The van der Waals surface area contributed by atoms with Crippen LogP contribution in [0.2, 0.25) is 0 Å². The van der Waals surface area contributed by atoms with E-state index in [1.165, 1.54) is 29.1 Å². The van der Waals surface area contributed by atoms with Crippen LogP contribution in [0.1, 0.15) is 49.7 Å². The van der Waals surface area contributed by atoms with E-state index in [0.29, 0.717) is 31.6 Å². The van der Waals surface area contributed by atoms with E-state index >= 15 is 0 Å². The minimum Gasteiger partial charge on any atom is -0.472 e. The molecule has 1 atom stereocenters. The molecule has 5 rings (SSSR count). The van der Waals surface area contributed by atoms with Gasteiger partial charge in [-0.2, -0.15) is 10.1 Å². The molecule has 11 heteroatoms. The molecule has 0 spiro atoms. The summed E-state index contributed by atoms with van der Waals surface area (Å²) in [6.45, 7) is 5.04. The summed E-state index contributed by atoms with van der Waals surface area (Å²) in [4.78, 5) is 23.7. The first-order chi connectivity index (χ1) is 18.7. The topological polar surface area (TPSA) is 119 Å². The second kappa shape index (κ2) is 11.2. The van der Waals surface area contributed by atoms with Gasteiger partial charge in [-0.1, -0.05) is 29.8 Å². The van der Waals surface area contributed by atoms with E-state index in [2.05, 4.69) is 25.9 Å². The highest BCUT2D eigenvalue weighted by atomic mass is 32.2. The number of sulfonamides is 1. The van der Waals surface area contributed by atoms with Crippen LogP contribution in [0.15, 0.2) is 53.2 Å². The Morgan fingerprint density at radius 2 is 1.97 bits per heavy atom. The highest BCUT2D eigenvalue weighted by Gasteiger charge is 2.29. The number of nitrogens with zero attached hydrogens (tertiary/aromatic N) is 5. The standard InChI is InChI=1S/C28H34N6O4S/c1-19-8-7-9-20(2)27(19)24-15-25(31-28(30-24)32-39(36,37)23-16-29-33(3)18-23)38-22-12-13-34(17-22)26(35)14-21-10-5-4-6-11-21/h7-10,15-16,18,22H,4-6,11-14,17H2,1-3H3,(H,30,31,32). The van der Waals surface area contributed by atoms with Crippen LogP contribution in [0.5, 0.6) is 5.88 Å². The van der Waals surface area contributed by atoms with Crippen LogP contribution >= 0.6 is 0 Å². The highest BCUT2D eigenvalue weighted by Crippen LogP contribution is 2.30. The van der Waals surface area contributed by atoms with Crippen molar-refractivity contribution in [2.45, 2.75) is 63.4 Å². The van der Waals surface area contributed by atoms with Crippen molar-refractivity contribution < 1.29 is 17.9 Å². The predicted octanol–water partition coefficient (Wildman–Crippen LogP) is 4.16. The number of carbonyl (C=O) groups excluding carboxylic acids is 1. The number of amides is 1. The quantitative estimate of drug-likeness (QED) is 0.418. The highest BCUT2D eigenvalue weighted by molar-refractivity contribution is 7.92. The zero-order chi connectivity index (χ0) is 27.6. The van der Waals surface area contributed by atoms with Gasteiger partial charge in [-0.05, 0) is 50.7 Å². The number of likely N-dealkylation sites (tertiary alicyclic amines) is 1. The molecule has 39 heavy (non-hydrogen) atoms. The molecule has 1 fully saturated rings. The van der Waals surface area contributed by atoms with Crippen LogP contribution in [0.4, 0.5) is 5.95 Å². The third kappa shape index (κ3) is 6.30. The molecule has 2 aromatic heterocycles. The van der Waals surface area contributed by atoms with Gasteiger partial charge < -0.3 is 9.64 Å². The Morgan fingerprint density at radius 1 is 1.18 bits per heavy atom. The maximum atomic E-state index is 13.0. The molecule has 1 unspecified atom stereocenters. The van der Waals surface area contributed by atoms with Gasteiger partial charge in [0.1, 0.15) is 11.0 Å². The molecule has 0 bridgehead atoms. The fourth-order valence-electron chi connectivity index (χ4n) is 5.19. The molecule has 1 amide bonds. The van der Waals surface area contributed by atoms with Crippen molar-refractivity contribution in [2.75, 3.05) is 17.8 Å². The number of hydrogen-bond donors (Lipinski definition) is 1. The van der Waals surface area contributed by atoms with Crippen molar-refractivity contribution in [1.82, 2.24) is 24.6 Å². The molecule has 2 aliphatic rings. The summed E-state index contributed by atoms with van der Waals surface area (Å²) in [5, 5.41) is 3.95. The zero-order valence-corrected chi connectivity index (χ0v) is 23.4. The molecule has 3 aromatic rings. The first-order valence-corrected chi connectivity index (χ1v) is 14.8. The lowest BCUT2D eigenvalue weighted by molar-refractivity contribution is -0.129. The van der Waals surface area contributed by atoms with E-state index in [0.717, 1.165) is 36.0 Å². The van der Waals surface area contributed by atoms with Crippen molar-refractivity contribution in [3.63, 3.8) is 0 Å². The van der Waals surface area contributed by atoms with E-state index < -0.39 is 10.0 Å². The molecular weight excluding hydrogens is 516 g/mol. The molecule has 1 aliphatic carbocycles. The van der Waals surface area contributed by atoms with Gasteiger partial charge >= 0.3 is 0 Å². The molecule has 1 N–H and O–H groups in total. The molecule has 0 saturated carbocycles. The molecular formula is C28H34N6O4S. The summed E-state index contributed by atoms with van der Waals surface area (Å²) in [7, 11) is -2.32. The van der Waals surface area contributed by atoms with Gasteiger partial charge in [0.15, 0.2) is 0 Å². The number of aryl methyl sites for hydroxylation is 3. The Labute approximate surface area is 229 Å². The lowest BCUT2D eigenvalue weighted by Gasteiger charge is -2.19. The summed E-state index contributed by atoms with van der Waals surface area (Å²) in [5.74, 6) is 0.281. The summed E-state index contributed by atoms with van der Waals surface area (Å²) >= 11 is 0. The van der Waals surface area contributed by atoms with Crippen LogP contribution < -0.4 is 9.46 Å². The van der Waals surface area contributed by atoms with Crippen molar-refractivity contribution in [1.29, 1.82) is 0 Å². The third-order valence-electron chi connectivity index (χ3n) is 7.21. The molecule has 206 valence electrons. The van der Waals surface area contributed by atoms with Crippen LogP contribution in [0.25, 0.3) is 11.3 Å². The van der Waals surface area contributed by atoms with Crippen molar-refractivity contribution >= 4 is 21.9 Å². The van der Waals surface area contributed by atoms with Gasteiger partial charge in [-0.3, -0.25) is 9.48 Å². The van der Waals surface area contributed by atoms with Gasteiger partial charge in [-0.25, -0.2) is 18.1 Å². The average molecular weight is 551 g/mol. The molecule has 1 aromatic carbocycles. The third-order valence-corrected chi connectivity index (χ3v) is 8.49. The summed E-state index contributed by atoms with van der Waals surface area (Å²) in [5.41, 5.74) is 4.66. The zero-order valence-electron chi connectivity index (χ0n) is 22.6. The lowest BCUT2D eigenvalue weighted by atomic mass is 9.97. The Morgan fingerprint density at radius 3 is 2.67 bits per heavy atom. The lowest BCUT2D eigenvalue weighted by Crippen LogP contribution is -2.31. The van der Waals surface area contributed by atoms with Gasteiger partial charge in [0, 0.05) is 44.3 Å². The van der Waals surface area contributed by atoms with E-state index in [4.69, 9.17) is 4.74 Å². The Bertz CT molecular complexity index is 1490. The van der Waals surface area contributed by atoms with Crippen LogP contribution in [0.3, 0.4) is 0 Å². The van der Waals surface area contributed by atoms with E-state index in [1.54, 1.807) is 13.1 Å². The van der Waals surface area contributed by atoms with E-state index in [1.807, 2.05) is 36.9 Å². The second-order valence-corrected chi connectivity index (χ2v) is 12.0. The van der Waals surface area contributed by atoms with Gasteiger partial charge in [0.05, 0.1) is 18.4 Å². The first-order valence-electron chi connectivity index (χ1n) is 13.3. The van der Waals surface area contributed by atoms with E-state index in [-0.39, 0.29) is 28.7 Å².